The fourth-order valence-electron chi connectivity index (χ4n) is 1.53. The van der Waals surface area contributed by atoms with Gasteiger partial charge in [0.15, 0.2) is 0 Å². The summed E-state index contributed by atoms with van der Waals surface area (Å²) in [7, 11) is 1.62. The first-order chi connectivity index (χ1) is 6.74. The van der Waals surface area contributed by atoms with Gasteiger partial charge in [-0.2, -0.15) is 0 Å². The van der Waals surface area contributed by atoms with Crippen molar-refractivity contribution in [1.29, 1.82) is 0 Å². The van der Waals surface area contributed by atoms with E-state index in [4.69, 9.17) is 10.5 Å². The zero-order valence-electron chi connectivity index (χ0n) is 8.24. The normalized spacial score (nSPS) is 10.4. The number of aromatic nitrogens is 1. The number of nitrogens with two attached hydrogens (primary N) is 1. The van der Waals surface area contributed by atoms with Crippen LogP contribution in [0.15, 0.2) is 24.3 Å². The van der Waals surface area contributed by atoms with Crippen LogP contribution in [-0.2, 0) is 0 Å². The van der Waals surface area contributed by atoms with Gasteiger partial charge in [0, 0.05) is 10.8 Å². The molecule has 2 N–H and O–H groups in total. The van der Waals surface area contributed by atoms with E-state index in [2.05, 4.69) is 4.98 Å². The van der Waals surface area contributed by atoms with Gasteiger partial charge in [-0.1, -0.05) is 18.2 Å². The third-order valence-corrected chi connectivity index (χ3v) is 2.30. The van der Waals surface area contributed by atoms with Crippen molar-refractivity contribution in [2.75, 3.05) is 12.8 Å². The number of anilines is 1. The van der Waals surface area contributed by atoms with Crippen LogP contribution in [0.25, 0.3) is 10.8 Å². The second-order valence-electron chi connectivity index (χ2n) is 3.17. The van der Waals surface area contributed by atoms with E-state index < -0.39 is 0 Å². The summed E-state index contributed by atoms with van der Waals surface area (Å²) in [6.07, 6.45) is 0. The minimum Gasteiger partial charge on any atom is -0.481 e. The van der Waals surface area contributed by atoms with E-state index >= 15 is 0 Å². The van der Waals surface area contributed by atoms with E-state index in [-0.39, 0.29) is 0 Å². The lowest BCUT2D eigenvalue weighted by atomic mass is 10.1. The monoisotopic (exact) mass is 188 g/mol. The van der Waals surface area contributed by atoms with Crippen molar-refractivity contribution in [3.8, 4) is 5.88 Å². The molecule has 1 aromatic carbocycles. The van der Waals surface area contributed by atoms with E-state index in [1.807, 2.05) is 31.2 Å². The van der Waals surface area contributed by atoms with Crippen molar-refractivity contribution < 1.29 is 4.74 Å². The molecule has 0 bridgehead atoms. The van der Waals surface area contributed by atoms with Gasteiger partial charge in [0.25, 0.3) is 0 Å². The quantitative estimate of drug-likeness (QED) is 0.745. The first-order valence-electron chi connectivity index (χ1n) is 4.43. The maximum atomic E-state index is 5.92. The third-order valence-electron chi connectivity index (χ3n) is 2.30. The smallest absolute Gasteiger partial charge is 0.221 e. The maximum Gasteiger partial charge on any atom is 0.221 e. The number of hydrogen-bond acceptors (Lipinski definition) is 3. The number of benzene rings is 1. The fraction of sp³-hybridized carbons (Fsp3) is 0.182. The first kappa shape index (κ1) is 8.81. The summed E-state index contributed by atoms with van der Waals surface area (Å²) in [5.41, 5.74) is 7.45. The van der Waals surface area contributed by atoms with Crippen LogP contribution in [0, 0.1) is 6.92 Å². The van der Waals surface area contributed by atoms with Crippen molar-refractivity contribution in [1.82, 2.24) is 4.98 Å². The SMILES string of the molecule is COc1nc(C)c(N)c2ccccc12. The molecule has 2 aromatic rings. The number of rotatable bonds is 1. The Morgan fingerprint density at radius 2 is 1.86 bits per heavy atom. The summed E-state index contributed by atoms with van der Waals surface area (Å²) in [6, 6.07) is 7.83. The molecule has 0 saturated carbocycles. The van der Waals surface area contributed by atoms with Crippen molar-refractivity contribution in [3.05, 3.63) is 30.0 Å². The third kappa shape index (κ3) is 1.18. The van der Waals surface area contributed by atoms with E-state index in [0.29, 0.717) is 5.88 Å². The Morgan fingerprint density at radius 1 is 1.21 bits per heavy atom. The summed E-state index contributed by atoms with van der Waals surface area (Å²) in [6.45, 7) is 1.88. The Hall–Kier alpha value is -1.77. The molecule has 0 spiro atoms. The number of hydrogen-bond donors (Lipinski definition) is 1. The van der Waals surface area contributed by atoms with Gasteiger partial charge in [0.2, 0.25) is 5.88 Å². The summed E-state index contributed by atoms with van der Waals surface area (Å²) in [5, 5.41) is 1.95. The van der Waals surface area contributed by atoms with Gasteiger partial charge in [-0.25, -0.2) is 4.98 Å². The molecular weight excluding hydrogens is 176 g/mol. The summed E-state index contributed by atoms with van der Waals surface area (Å²) in [4.78, 5) is 4.27. The number of nitrogen functional groups attached to an aromatic ring is 1. The number of pyridine rings is 1. The van der Waals surface area contributed by atoms with E-state index in [9.17, 15) is 0 Å². The van der Waals surface area contributed by atoms with Crippen LogP contribution in [0.4, 0.5) is 5.69 Å². The highest BCUT2D eigenvalue weighted by Crippen LogP contribution is 2.29. The van der Waals surface area contributed by atoms with Crippen molar-refractivity contribution in [2.24, 2.45) is 0 Å². The average Bonchev–Trinajstić information content (AvgIpc) is 2.23. The molecule has 0 unspecified atom stereocenters. The molecule has 1 heterocycles. The second-order valence-corrected chi connectivity index (χ2v) is 3.17. The standard InChI is InChI=1S/C11H12N2O/c1-7-10(12)8-5-3-4-6-9(8)11(13-7)14-2/h3-6H,12H2,1-2H3. The molecule has 0 radical (unpaired) electrons. The zero-order valence-corrected chi connectivity index (χ0v) is 8.24. The highest BCUT2D eigenvalue weighted by Gasteiger charge is 2.07. The number of aryl methyl sites for hydroxylation is 1. The van der Waals surface area contributed by atoms with Crippen LogP contribution >= 0.6 is 0 Å². The largest absolute Gasteiger partial charge is 0.481 e. The summed E-state index contributed by atoms with van der Waals surface area (Å²) in [5.74, 6) is 0.632. The molecule has 0 fully saturated rings. The van der Waals surface area contributed by atoms with Gasteiger partial charge in [-0.15, -0.1) is 0 Å². The molecule has 3 heteroatoms. The van der Waals surface area contributed by atoms with Gasteiger partial charge in [-0.3, -0.25) is 0 Å². The van der Waals surface area contributed by atoms with E-state index in [1.54, 1.807) is 7.11 Å². The zero-order chi connectivity index (χ0) is 10.1. The minimum atomic E-state index is 0.632. The molecule has 2 rings (SSSR count). The second kappa shape index (κ2) is 3.18. The minimum absolute atomic E-state index is 0.632. The predicted molar refractivity (Wildman–Crippen MR) is 57.4 cm³/mol. The lowest BCUT2D eigenvalue weighted by Gasteiger charge is -2.08. The van der Waals surface area contributed by atoms with Gasteiger partial charge in [-0.05, 0) is 13.0 Å². The molecule has 0 aliphatic heterocycles. The van der Waals surface area contributed by atoms with Crippen LogP contribution in [-0.4, -0.2) is 12.1 Å². The number of fused-ring (bicyclic) bond motifs is 1. The topological polar surface area (TPSA) is 48.1 Å². The summed E-state index contributed by atoms with van der Waals surface area (Å²) >= 11 is 0. The Morgan fingerprint density at radius 3 is 2.50 bits per heavy atom. The van der Waals surface area contributed by atoms with Crippen LogP contribution in [0.3, 0.4) is 0 Å². The molecule has 0 aliphatic carbocycles. The van der Waals surface area contributed by atoms with Gasteiger partial charge in [0.1, 0.15) is 0 Å². The van der Waals surface area contributed by atoms with Crippen LogP contribution in [0.1, 0.15) is 5.69 Å². The Labute approximate surface area is 82.5 Å². The molecule has 0 atom stereocenters. The van der Waals surface area contributed by atoms with Crippen molar-refractivity contribution >= 4 is 16.5 Å². The molecule has 0 amide bonds. The number of nitrogens with zero attached hydrogens (tertiary/aromatic N) is 1. The van der Waals surface area contributed by atoms with Crippen molar-refractivity contribution in [2.45, 2.75) is 6.92 Å². The molecule has 14 heavy (non-hydrogen) atoms. The van der Waals surface area contributed by atoms with Crippen LogP contribution < -0.4 is 10.5 Å². The van der Waals surface area contributed by atoms with Crippen LogP contribution in [0.2, 0.25) is 0 Å². The number of ether oxygens (including phenoxy) is 1. The van der Waals surface area contributed by atoms with Gasteiger partial charge in [0.05, 0.1) is 18.5 Å². The fourth-order valence-corrected chi connectivity index (χ4v) is 1.53. The van der Waals surface area contributed by atoms with Crippen molar-refractivity contribution in [3.63, 3.8) is 0 Å². The highest BCUT2D eigenvalue weighted by molar-refractivity contribution is 5.96. The molecule has 3 nitrogen and oxygen atoms in total. The molecular formula is C11H12N2O. The van der Waals surface area contributed by atoms with Crippen LogP contribution in [0.5, 0.6) is 5.88 Å². The summed E-state index contributed by atoms with van der Waals surface area (Å²) < 4.78 is 5.20. The highest BCUT2D eigenvalue weighted by atomic mass is 16.5. The van der Waals surface area contributed by atoms with Gasteiger partial charge < -0.3 is 10.5 Å². The van der Waals surface area contributed by atoms with E-state index in [0.717, 1.165) is 22.2 Å². The predicted octanol–water partition coefficient (Wildman–Crippen LogP) is 2.13. The molecule has 0 saturated heterocycles. The Kier molecular flexibility index (Phi) is 2.00. The van der Waals surface area contributed by atoms with E-state index in [1.165, 1.54) is 0 Å². The Bertz CT molecular complexity index is 480. The first-order valence-corrected chi connectivity index (χ1v) is 4.43. The van der Waals surface area contributed by atoms with Gasteiger partial charge >= 0.3 is 0 Å². The molecule has 0 aliphatic rings. The lowest BCUT2D eigenvalue weighted by Crippen LogP contribution is -1.98. The molecule has 1 aromatic heterocycles. The number of methoxy groups -OCH3 is 1. The molecule has 72 valence electrons. The maximum absolute atomic E-state index is 5.92. The Balaban J connectivity index is 2.89. The lowest BCUT2D eigenvalue weighted by molar-refractivity contribution is 0.402. The average molecular weight is 188 g/mol.